The molecule has 1 spiro atoms. The van der Waals surface area contributed by atoms with Crippen molar-refractivity contribution in [2.75, 3.05) is 37.0 Å². The second-order valence-corrected chi connectivity index (χ2v) is 46.2. The summed E-state index contributed by atoms with van der Waals surface area (Å²) >= 11 is 0. The van der Waals surface area contributed by atoms with E-state index in [-0.39, 0.29) is 0 Å². The molecule has 31 heavy (non-hydrogen) atoms. The number of rotatable bonds is 12. The zero-order chi connectivity index (χ0) is 21.6. The molecule has 3 heteroatoms. The van der Waals surface area contributed by atoms with Gasteiger partial charge >= 0.3 is 186 Å². The molecule has 0 aromatic carbocycles. The van der Waals surface area contributed by atoms with Crippen LogP contribution in [0, 0.1) is 23.7 Å². The van der Waals surface area contributed by atoms with Gasteiger partial charge in [0.1, 0.15) is 0 Å². The van der Waals surface area contributed by atoms with Crippen molar-refractivity contribution in [1.82, 2.24) is 0 Å². The van der Waals surface area contributed by atoms with Gasteiger partial charge in [-0.25, -0.2) is 0 Å². The van der Waals surface area contributed by atoms with Crippen LogP contribution >= 0.6 is 15.8 Å². The Bertz CT molecular complexity index is 1160. The van der Waals surface area contributed by atoms with E-state index in [0.29, 0.717) is 15.8 Å². The Balaban J connectivity index is 1.10. The zero-order valence-corrected chi connectivity index (χ0v) is 24.3. The molecule has 178 valence electrons. The molecule has 10 fully saturated rings. The Morgan fingerprint density at radius 3 is 1.00 bits per heavy atom. The van der Waals surface area contributed by atoms with E-state index < -0.39 is 6.51 Å². The average molecular weight is 502 g/mol. The van der Waals surface area contributed by atoms with E-state index in [1.165, 1.54) is 38.5 Å². The molecule has 0 radical (unpaired) electrons. The second-order valence-electron chi connectivity index (χ2n) is 18.0. The fourth-order valence-corrected chi connectivity index (χ4v) is 112. The van der Waals surface area contributed by atoms with Gasteiger partial charge in [0.25, 0.3) is 0 Å². The molecule has 0 aliphatic carbocycles. The van der Waals surface area contributed by atoms with Gasteiger partial charge in [0, 0.05) is 0 Å². The SMILES string of the molecule is CC(C)CP(CC(C)C)C[C]12[CH]3[CH]4[CH]5[C]1(CP(CC(C)C)CC(C)C)[Fe]43521678[CH]2[CH]1[CH]6[CH]7[CH]28. The summed E-state index contributed by atoms with van der Waals surface area (Å²) in [6, 6.07) is 0. The Kier molecular flexibility index (Phi) is 1.54. The Morgan fingerprint density at radius 1 is 0.516 bits per heavy atom. The summed E-state index contributed by atoms with van der Waals surface area (Å²) in [7, 11) is 0.613. The first kappa shape index (κ1) is 18.6. The van der Waals surface area contributed by atoms with Crippen molar-refractivity contribution in [2.24, 2.45) is 23.7 Å². The molecule has 10 saturated heterocycles. The normalized spacial score (nSPS) is 74.4. The van der Waals surface area contributed by atoms with Crippen LogP contribution in [0.25, 0.3) is 0 Å². The van der Waals surface area contributed by atoms with Crippen LogP contribution in [-0.2, 0) is 6.51 Å². The molecule has 0 N–H and O–H groups in total. The summed E-state index contributed by atoms with van der Waals surface area (Å²) in [5, 5.41) is 0. The monoisotopic (exact) mass is 502 g/mol. The summed E-state index contributed by atoms with van der Waals surface area (Å²) in [6.45, 7) is 17.1. The number of fused-ring (bicyclic) bond motifs is 10. The third-order valence-corrected chi connectivity index (χ3v) is 70.3. The topological polar surface area (TPSA) is 0 Å². The maximum atomic E-state index is 2.54. The van der Waals surface area contributed by atoms with E-state index in [0.717, 1.165) is 32.3 Å². The molecule has 0 saturated carbocycles. The van der Waals surface area contributed by atoms with Crippen molar-refractivity contribution < 1.29 is 6.51 Å². The molecule has 10 aliphatic rings. The van der Waals surface area contributed by atoms with Crippen LogP contribution in [0.5, 0.6) is 0 Å². The third kappa shape index (κ3) is 0.419. The van der Waals surface area contributed by atoms with Crippen molar-refractivity contribution in [1.29, 1.82) is 0 Å². The first-order valence-corrected chi connectivity index (χ1v) is 24.0. The van der Waals surface area contributed by atoms with Gasteiger partial charge < -0.3 is 0 Å². The van der Waals surface area contributed by atoms with Gasteiger partial charge in [-0.15, -0.1) is 0 Å². The van der Waals surface area contributed by atoms with Crippen LogP contribution in [0.2, 0.25) is 47.2 Å². The van der Waals surface area contributed by atoms with Gasteiger partial charge in [-0.1, -0.05) is 0 Å². The van der Waals surface area contributed by atoms with Crippen LogP contribution in [0.3, 0.4) is 0 Å². The van der Waals surface area contributed by atoms with E-state index in [1.54, 1.807) is 24.6 Å². The molecule has 10 aliphatic heterocycles. The molecule has 0 aromatic heterocycles. The predicted octanol–water partition coefficient (Wildman–Crippen LogP) is 9.70. The zero-order valence-electron chi connectivity index (χ0n) is 21.4. The molecular formula is C28H48FeP2. The Hall–Kier alpha value is 1.38. The van der Waals surface area contributed by atoms with Gasteiger partial charge in [0.2, 0.25) is 0 Å². The summed E-state index contributed by atoms with van der Waals surface area (Å²) in [5.74, 6) is 3.75. The summed E-state index contributed by atoms with van der Waals surface area (Å²) in [5.41, 5.74) is 0. The van der Waals surface area contributed by atoms with E-state index >= 15 is 0 Å². The van der Waals surface area contributed by atoms with Crippen molar-refractivity contribution in [3.05, 3.63) is 0 Å². The summed E-state index contributed by atoms with van der Waals surface area (Å²) in [4.78, 5) is 12.1. The Labute approximate surface area is 185 Å². The van der Waals surface area contributed by atoms with Gasteiger partial charge in [-0.3, -0.25) is 0 Å². The fourth-order valence-electron chi connectivity index (χ4n) is 21.5. The van der Waals surface area contributed by atoms with Crippen LogP contribution < -0.4 is 0 Å². The predicted molar refractivity (Wildman–Crippen MR) is 138 cm³/mol. The van der Waals surface area contributed by atoms with E-state index in [9.17, 15) is 0 Å². The van der Waals surface area contributed by atoms with Crippen molar-refractivity contribution in [2.45, 2.75) is 103 Å². The standard InChI is InChI=1S/C23H43P2.C5H5.Fe/c1-18(2)12-24(13-19(3)4)16-22-10-9-11-23(22)17-25(14-20(5)6)15-21(7)8;1-2-4-5-3-1;/h9-11,18-21H,12-17H2,1-8H3;1-5H;. The molecule has 0 amide bonds. The summed E-state index contributed by atoms with van der Waals surface area (Å²) in [6.07, 6.45) is 10.2. The average Bonchev–Trinajstić information content (AvgIpc) is 3.55. The first-order chi connectivity index (χ1) is 14.3. The van der Waals surface area contributed by atoms with E-state index in [4.69, 9.17) is 0 Å². The molecule has 4 unspecified atom stereocenters. The van der Waals surface area contributed by atoms with E-state index in [1.807, 2.05) is 12.3 Å². The van der Waals surface area contributed by atoms with Crippen LogP contribution in [-0.4, -0.2) is 37.0 Å². The van der Waals surface area contributed by atoms with Crippen molar-refractivity contribution in [3.8, 4) is 0 Å². The van der Waals surface area contributed by atoms with Gasteiger partial charge in [-0.05, 0) is 0 Å². The minimum atomic E-state index is -3.19. The molecule has 10 heterocycles. The van der Waals surface area contributed by atoms with Crippen molar-refractivity contribution in [3.63, 3.8) is 0 Å². The van der Waals surface area contributed by atoms with Gasteiger partial charge in [-0.2, -0.15) is 0 Å². The number of hydrogen-bond acceptors (Lipinski definition) is 0. The molecule has 4 atom stereocenters. The molecule has 0 nitrogen and oxygen atoms in total. The minimum absolute atomic E-state index is 0.306. The van der Waals surface area contributed by atoms with Crippen LogP contribution in [0.1, 0.15) is 55.4 Å². The molecule has 0 bridgehead atoms. The molecular weight excluding hydrogens is 454 g/mol. The van der Waals surface area contributed by atoms with E-state index in [2.05, 4.69) is 55.4 Å². The van der Waals surface area contributed by atoms with Crippen LogP contribution in [0.4, 0.5) is 0 Å². The van der Waals surface area contributed by atoms with Gasteiger partial charge in [0.15, 0.2) is 0 Å². The van der Waals surface area contributed by atoms with Gasteiger partial charge in [0.05, 0.1) is 0 Å². The van der Waals surface area contributed by atoms with Crippen molar-refractivity contribution >= 4 is 15.8 Å². The number of hydrogen-bond donors (Lipinski definition) is 0. The summed E-state index contributed by atoms with van der Waals surface area (Å²) < 4.78 is 2.27. The first-order valence-electron chi connectivity index (χ1n) is 14.0. The fraction of sp³-hybridized carbons (Fsp3) is 1.00. The maximum absolute atomic E-state index is 3.19. The molecule has 10 rings (SSSR count). The third-order valence-electron chi connectivity index (χ3n) is 18.9. The molecule has 0 aromatic rings. The second kappa shape index (κ2) is 2.56. The quantitative estimate of drug-likeness (QED) is 0.184. The van der Waals surface area contributed by atoms with Crippen LogP contribution in [0.15, 0.2) is 0 Å². The Morgan fingerprint density at radius 2 is 0.806 bits per heavy atom.